The fourth-order valence-corrected chi connectivity index (χ4v) is 2.07. The van der Waals surface area contributed by atoms with E-state index in [9.17, 15) is 5.11 Å². The molecule has 0 aliphatic carbocycles. The van der Waals surface area contributed by atoms with E-state index in [0.29, 0.717) is 10.7 Å². The van der Waals surface area contributed by atoms with Gasteiger partial charge in [0.15, 0.2) is 0 Å². The molecule has 2 aromatic rings. The summed E-state index contributed by atoms with van der Waals surface area (Å²) in [6.07, 6.45) is -0.592. The molecule has 0 unspecified atom stereocenters. The number of aliphatic hydroxyl groups excluding tert-OH is 1. The summed E-state index contributed by atoms with van der Waals surface area (Å²) in [7, 11) is 0. The minimum absolute atomic E-state index is 0.385. The van der Waals surface area contributed by atoms with Gasteiger partial charge in [-0.25, -0.2) is 4.98 Å². The lowest BCUT2D eigenvalue weighted by molar-refractivity contribution is 0.199. The summed E-state index contributed by atoms with van der Waals surface area (Å²) in [5, 5.41) is 11.0. The molecule has 1 heterocycles. The van der Waals surface area contributed by atoms with Crippen molar-refractivity contribution in [2.45, 2.75) is 26.9 Å². The summed E-state index contributed by atoms with van der Waals surface area (Å²) in [6.45, 7) is 5.77. The van der Waals surface area contributed by atoms with Gasteiger partial charge in [-0.05, 0) is 38.0 Å². The highest BCUT2D eigenvalue weighted by atomic mass is 35.5. The zero-order valence-corrected chi connectivity index (χ0v) is 10.3. The molecule has 2 rings (SSSR count). The fourth-order valence-electron chi connectivity index (χ4n) is 1.77. The Morgan fingerprint density at radius 1 is 1.31 bits per heavy atom. The predicted molar refractivity (Wildman–Crippen MR) is 66.9 cm³/mol. The third-order valence-electron chi connectivity index (χ3n) is 2.94. The van der Waals surface area contributed by atoms with Gasteiger partial charge in [0.05, 0.1) is 11.6 Å². The van der Waals surface area contributed by atoms with E-state index in [0.717, 1.165) is 16.5 Å². The van der Waals surface area contributed by atoms with Crippen LogP contribution in [0.5, 0.6) is 0 Å². The predicted octanol–water partition coefficient (Wildman–Crippen LogP) is 3.56. The van der Waals surface area contributed by atoms with Gasteiger partial charge in [-0.15, -0.1) is 0 Å². The number of aryl methyl sites for hydroxylation is 2. The molecule has 1 aromatic heterocycles. The third-order valence-corrected chi connectivity index (χ3v) is 3.25. The van der Waals surface area contributed by atoms with Crippen molar-refractivity contribution in [3.63, 3.8) is 0 Å². The van der Waals surface area contributed by atoms with Crippen molar-refractivity contribution >= 4 is 22.5 Å². The molecule has 0 spiro atoms. The van der Waals surface area contributed by atoms with Crippen molar-refractivity contribution in [2.75, 3.05) is 0 Å². The minimum atomic E-state index is -0.592. The molecule has 0 bridgehead atoms. The molecule has 16 heavy (non-hydrogen) atoms. The van der Waals surface area contributed by atoms with E-state index < -0.39 is 6.10 Å². The summed E-state index contributed by atoms with van der Waals surface area (Å²) in [5.74, 6) is 0. The maximum atomic E-state index is 9.56. The lowest BCUT2D eigenvalue weighted by atomic mass is 10.0. The Kier molecular flexibility index (Phi) is 2.87. The van der Waals surface area contributed by atoms with Crippen molar-refractivity contribution < 1.29 is 5.11 Å². The van der Waals surface area contributed by atoms with Crippen LogP contribution < -0.4 is 0 Å². The fraction of sp³-hybridized carbons (Fsp3) is 0.308. The molecule has 0 amide bonds. The Balaban J connectivity index is 2.79. The van der Waals surface area contributed by atoms with E-state index in [2.05, 4.69) is 11.1 Å². The van der Waals surface area contributed by atoms with E-state index in [1.807, 2.05) is 26.0 Å². The number of pyridine rings is 1. The molecule has 2 nitrogen and oxygen atoms in total. The first-order chi connectivity index (χ1) is 7.50. The van der Waals surface area contributed by atoms with Crippen LogP contribution in [0.15, 0.2) is 18.2 Å². The minimum Gasteiger partial charge on any atom is -0.389 e. The maximum absolute atomic E-state index is 9.56. The average Bonchev–Trinajstić information content (AvgIpc) is 2.23. The van der Waals surface area contributed by atoms with Gasteiger partial charge in [-0.2, -0.15) is 0 Å². The summed E-state index contributed by atoms with van der Waals surface area (Å²) in [4.78, 5) is 4.36. The smallest absolute Gasteiger partial charge is 0.135 e. The third kappa shape index (κ3) is 1.79. The second kappa shape index (κ2) is 4.04. The maximum Gasteiger partial charge on any atom is 0.135 e. The first-order valence-corrected chi connectivity index (χ1v) is 5.63. The van der Waals surface area contributed by atoms with Gasteiger partial charge in [0.1, 0.15) is 5.15 Å². The van der Waals surface area contributed by atoms with Crippen LogP contribution in [-0.4, -0.2) is 10.1 Å². The standard InChI is InChI=1S/C13H14ClNO/c1-7-4-5-10-6-11(9(3)16)13(14)15-12(10)8(7)2/h4-6,9,16H,1-3H3/t9-/m1/s1. The second-order valence-electron chi connectivity index (χ2n) is 4.12. The molecule has 0 aliphatic rings. The zero-order chi connectivity index (χ0) is 11.9. The normalized spacial score (nSPS) is 13.1. The van der Waals surface area contributed by atoms with Crippen LogP contribution in [0.1, 0.15) is 29.7 Å². The van der Waals surface area contributed by atoms with Gasteiger partial charge in [0.2, 0.25) is 0 Å². The van der Waals surface area contributed by atoms with E-state index >= 15 is 0 Å². The van der Waals surface area contributed by atoms with Gasteiger partial charge in [0, 0.05) is 10.9 Å². The van der Waals surface area contributed by atoms with Gasteiger partial charge >= 0.3 is 0 Å². The molecular weight excluding hydrogens is 222 g/mol. The topological polar surface area (TPSA) is 33.1 Å². The summed E-state index contributed by atoms with van der Waals surface area (Å²) >= 11 is 6.05. The summed E-state index contributed by atoms with van der Waals surface area (Å²) in [5.41, 5.74) is 3.92. The average molecular weight is 236 g/mol. The van der Waals surface area contributed by atoms with Gasteiger partial charge in [0.25, 0.3) is 0 Å². The Morgan fingerprint density at radius 2 is 2.00 bits per heavy atom. The lowest BCUT2D eigenvalue weighted by Gasteiger charge is -2.10. The van der Waals surface area contributed by atoms with Crippen LogP contribution >= 0.6 is 11.6 Å². The van der Waals surface area contributed by atoms with Crippen LogP contribution in [0.2, 0.25) is 5.15 Å². The van der Waals surface area contributed by atoms with Crippen LogP contribution in [0.25, 0.3) is 10.9 Å². The number of aliphatic hydroxyl groups is 1. The molecule has 3 heteroatoms. The molecule has 0 saturated heterocycles. The summed E-state index contributed by atoms with van der Waals surface area (Å²) < 4.78 is 0. The quantitative estimate of drug-likeness (QED) is 0.767. The van der Waals surface area contributed by atoms with Crippen LogP contribution in [0, 0.1) is 13.8 Å². The Bertz CT molecular complexity index is 549. The highest BCUT2D eigenvalue weighted by molar-refractivity contribution is 6.30. The van der Waals surface area contributed by atoms with Crippen LogP contribution in [-0.2, 0) is 0 Å². The lowest BCUT2D eigenvalue weighted by Crippen LogP contribution is -1.96. The number of halogens is 1. The Labute approximate surface area is 99.9 Å². The first-order valence-electron chi connectivity index (χ1n) is 5.25. The van der Waals surface area contributed by atoms with Gasteiger partial charge < -0.3 is 5.11 Å². The van der Waals surface area contributed by atoms with Crippen molar-refractivity contribution in [1.82, 2.24) is 4.98 Å². The van der Waals surface area contributed by atoms with E-state index in [1.54, 1.807) is 6.92 Å². The molecule has 0 saturated carbocycles. The number of aromatic nitrogens is 1. The number of hydrogen-bond donors (Lipinski definition) is 1. The largest absolute Gasteiger partial charge is 0.389 e. The molecule has 1 N–H and O–H groups in total. The molecule has 0 aliphatic heterocycles. The monoisotopic (exact) mass is 235 g/mol. The Hall–Kier alpha value is -1.12. The molecule has 0 radical (unpaired) electrons. The number of nitrogens with zero attached hydrogens (tertiary/aromatic N) is 1. The first kappa shape index (κ1) is 11.4. The molecular formula is C13H14ClNO. The number of hydrogen-bond acceptors (Lipinski definition) is 2. The number of rotatable bonds is 1. The molecule has 1 atom stereocenters. The van der Waals surface area contributed by atoms with E-state index in [4.69, 9.17) is 11.6 Å². The van der Waals surface area contributed by atoms with E-state index in [1.165, 1.54) is 5.56 Å². The zero-order valence-electron chi connectivity index (χ0n) is 9.58. The highest BCUT2D eigenvalue weighted by Gasteiger charge is 2.11. The molecule has 1 aromatic carbocycles. The number of fused-ring (bicyclic) bond motifs is 1. The van der Waals surface area contributed by atoms with Crippen LogP contribution in [0.3, 0.4) is 0 Å². The van der Waals surface area contributed by atoms with Gasteiger partial charge in [-0.1, -0.05) is 23.7 Å². The van der Waals surface area contributed by atoms with Crippen molar-refractivity contribution in [1.29, 1.82) is 0 Å². The van der Waals surface area contributed by atoms with Gasteiger partial charge in [-0.3, -0.25) is 0 Å². The Morgan fingerprint density at radius 3 is 2.62 bits per heavy atom. The second-order valence-corrected chi connectivity index (χ2v) is 4.48. The highest BCUT2D eigenvalue weighted by Crippen LogP contribution is 2.28. The number of benzene rings is 1. The molecule has 84 valence electrons. The van der Waals surface area contributed by atoms with Crippen molar-refractivity contribution in [3.8, 4) is 0 Å². The SMILES string of the molecule is Cc1ccc2cc([C@@H](C)O)c(Cl)nc2c1C. The van der Waals surface area contributed by atoms with E-state index in [-0.39, 0.29) is 0 Å². The van der Waals surface area contributed by atoms with Crippen LogP contribution in [0.4, 0.5) is 0 Å². The summed E-state index contributed by atoms with van der Waals surface area (Å²) in [6, 6.07) is 5.97. The van der Waals surface area contributed by atoms with Crippen molar-refractivity contribution in [3.05, 3.63) is 40.0 Å². The van der Waals surface area contributed by atoms with Crippen molar-refractivity contribution in [2.24, 2.45) is 0 Å². The molecule has 0 fully saturated rings.